The van der Waals surface area contributed by atoms with Gasteiger partial charge in [0.15, 0.2) is 0 Å². The van der Waals surface area contributed by atoms with E-state index < -0.39 is 17.7 Å². The van der Waals surface area contributed by atoms with Crippen LogP contribution in [0.25, 0.3) is 0 Å². The Hall–Kier alpha value is -1.00. The Labute approximate surface area is 92.1 Å². The first-order valence-electron chi connectivity index (χ1n) is 5.47. The Kier molecular flexibility index (Phi) is 2.72. The maximum absolute atomic E-state index is 12.6. The summed E-state index contributed by atoms with van der Waals surface area (Å²) in [6.45, 7) is 0. The van der Waals surface area contributed by atoms with Crippen LogP contribution < -0.4 is 0 Å². The van der Waals surface area contributed by atoms with Crippen molar-refractivity contribution < 1.29 is 18.0 Å². The summed E-state index contributed by atoms with van der Waals surface area (Å²) in [5, 5.41) is 0. The molecule has 0 aromatic rings. The predicted molar refractivity (Wildman–Crippen MR) is 52.7 cm³/mol. The zero-order valence-corrected chi connectivity index (χ0v) is 9.05. The van der Waals surface area contributed by atoms with E-state index in [0.717, 1.165) is 31.8 Å². The summed E-state index contributed by atoms with van der Waals surface area (Å²) >= 11 is 0. The van der Waals surface area contributed by atoms with Gasteiger partial charge in [-0.3, -0.25) is 4.79 Å². The molecule has 0 saturated heterocycles. The highest BCUT2D eigenvalue weighted by Crippen LogP contribution is 2.38. The van der Waals surface area contributed by atoms with E-state index in [2.05, 4.69) is 0 Å². The Morgan fingerprint density at radius 2 is 1.94 bits per heavy atom. The fraction of sp³-hybridized carbons (Fsp3) is 0.727. The van der Waals surface area contributed by atoms with E-state index >= 15 is 0 Å². The number of hydrogen-bond acceptors (Lipinski definition) is 1. The van der Waals surface area contributed by atoms with Gasteiger partial charge in [-0.25, -0.2) is 0 Å². The molecule has 1 amide bonds. The number of fused-ring (bicyclic) bond motifs is 1. The number of amides is 1. The van der Waals surface area contributed by atoms with Gasteiger partial charge in [0.2, 0.25) is 0 Å². The van der Waals surface area contributed by atoms with Crippen molar-refractivity contribution in [3.05, 3.63) is 11.6 Å². The molecule has 0 radical (unpaired) electrons. The van der Waals surface area contributed by atoms with Crippen LogP contribution in [0, 0.1) is 5.92 Å². The van der Waals surface area contributed by atoms with Crippen LogP contribution in [-0.4, -0.2) is 30.1 Å². The third-order valence-electron chi connectivity index (χ3n) is 3.52. The Morgan fingerprint density at radius 1 is 1.31 bits per heavy atom. The summed E-state index contributed by atoms with van der Waals surface area (Å²) in [4.78, 5) is 12.8. The average molecular weight is 233 g/mol. The summed E-state index contributed by atoms with van der Waals surface area (Å²) in [5.74, 6) is -0.997. The van der Waals surface area contributed by atoms with Crippen molar-refractivity contribution in [2.45, 2.75) is 37.9 Å². The zero-order valence-electron chi connectivity index (χ0n) is 9.05. The molecule has 2 nitrogen and oxygen atoms in total. The number of likely N-dealkylation sites (N-methyl/N-ethyl adjacent to an activating group) is 1. The molecule has 16 heavy (non-hydrogen) atoms. The molecule has 2 rings (SSSR count). The topological polar surface area (TPSA) is 20.3 Å². The van der Waals surface area contributed by atoms with E-state index in [0.29, 0.717) is 0 Å². The highest BCUT2D eigenvalue weighted by molar-refractivity contribution is 5.95. The maximum Gasteiger partial charge on any atom is 0.421 e. The molecule has 1 heterocycles. The second-order valence-electron chi connectivity index (χ2n) is 4.51. The van der Waals surface area contributed by atoms with Gasteiger partial charge in [0.25, 0.3) is 5.91 Å². The largest absolute Gasteiger partial charge is 0.421 e. The summed E-state index contributed by atoms with van der Waals surface area (Å²) in [7, 11) is 1.48. The van der Waals surface area contributed by atoms with E-state index in [9.17, 15) is 18.0 Å². The first-order valence-corrected chi connectivity index (χ1v) is 5.47. The Bertz CT molecular complexity index is 335. The van der Waals surface area contributed by atoms with Crippen LogP contribution in [0.1, 0.15) is 25.7 Å². The number of alkyl halides is 3. The van der Waals surface area contributed by atoms with E-state index in [4.69, 9.17) is 0 Å². The first kappa shape index (κ1) is 11.5. The molecule has 2 atom stereocenters. The average Bonchev–Trinajstić information content (AvgIpc) is 2.22. The normalized spacial score (nSPS) is 31.1. The van der Waals surface area contributed by atoms with Crippen LogP contribution in [0.2, 0.25) is 0 Å². The van der Waals surface area contributed by atoms with Gasteiger partial charge >= 0.3 is 6.18 Å². The van der Waals surface area contributed by atoms with Crippen LogP contribution in [0.3, 0.4) is 0 Å². The second-order valence-corrected chi connectivity index (χ2v) is 4.51. The van der Waals surface area contributed by atoms with Crippen molar-refractivity contribution in [2.24, 2.45) is 5.92 Å². The molecule has 0 bridgehead atoms. The number of halogens is 3. The van der Waals surface area contributed by atoms with Gasteiger partial charge in [-0.05, 0) is 18.8 Å². The van der Waals surface area contributed by atoms with Crippen molar-refractivity contribution in [3.63, 3.8) is 0 Å². The monoisotopic (exact) mass is 233 g/mol. The maximum atomic E-state index is 12.6. The summed E-state index contributed by atoms with van der Waals surface area (Å²) in [6, 6.07) is -0.0349. The third kappa shape index (κ3) is 1.83. The van der Waals surface area contributed by atoms with Crippen molar-refractivity contribution in [2.75, 3.05) is 7.05 Å². The lowest BCUT2D eigenvalue weighted by molar-refractivity contribution is -0.143. The van der Waals surface area contributed by atoms with Gasteiger partial charge in [0, 0.05) is 13.1 Å². The standard InChI is InChI=1S/C11H14F3NO/c1-15-9-5-3-2-4-7(9)6-8(10(15)16)11(12,13)14/h6-7,9H,2-5H2,1H3. The highest BCUT2D eigenvalue weighted by Gasteiger charge is 2.46. The molecule has 2 unspecified atom stereocenters. The molecule has 5 heteroatoms. The van der Waals surface area contributed by atoms with Gasteiger partial charge in [-0.15, -0.1) is 0 Å². The molecule has 2 aliphatic rings. The number of nitrogens with zero attached hydrogens (tertiary/aromatic N) is 1. The van der Waals surface area contributed by atoms with Crippen molar-refractivity contribution in [1.29, 1.82) is 0 Å². The van der Waals surface area contributed by atoms with Crippen molar-refractivity contribution in [3.8, 4) is 0 Å². The summed E-state index contributed by atoms with van der Waals surface area (Å²) in [5.41, 5.74) is -0.988. The zero-order chi connectivity index (χ0) is 11.9. The molecular formula is C11H14F3NO. The highest BCUT2D eigenvalue weighted by atomic mass is 19.4. The lowest BCUT2D eigenvalue weighted by atomic mass is 9.80. The Morgan fingerprint density at radius 3 is 2.56 bits per heavy atom. The van der Waals surface area contributed by atoms with Gasteiger partial charge in [-0.2, -0.15) is 13.2 Å². The van der Waals surface area contributed by atoms with Gasteiger partial charge in [0.1, 0.15) is 5.57 Å². The van der Waals surface area contributed by atoms with E-state index in [1.165, 1.54) is 11.9 Å². The third-order valence-corrected chi connectivity index (χ3v) is 3.52. The lowest BCUT2D eigenvalue weighted by Gasteiger charge is -2.41. The van der Waals surface area contributed by atoms with Crippen LogP contribution in [0.15, 0.2) is 11.6 Å². The minimum absolute atomic E-state index is 0.0349. The van der Waals surface area contributed by atoms with Gasteiger partial charge in [0.05, 0.1) is 0 Å². The summed E-state index contributed by atoms with van der Waals surface area (Å²) in [6.07, 6.45) is 0.134. The molecule has 0 aromatic carbocycles. The van der Waals surface area contributed by atoms with E-state index in [1.807, 2.05) is 0 Å². The van der Waals surface area contributed by atoms with Crippen LogP contribution >= 0.6 is 0 Å². The van der Waals surface area contributed by atoms with E-state index in [1.54, 1.807) is 0 Å². The lowest BCUT2D eigenvalue weighted by Crippen LogP contribution is -2.49. The van der Waals surface area contributed by atoms with Crippen molar-refractivity contribution in [1.82, 2.24) is 4.90 Å². The van der Waals surface area contributed by atoms with Crippen LogP contribution in [0.4, 0.5) is 13.2 Å². The first-order chi connectivity index (χ1) is 7.41. The van der Waals surface area contributed by atoms with Crippen LogP contribution in [0.5, 0.6) is 0 Å². The predicted octanol–water partition coefficient (Wildman–Crippen LogP) is 2.51. The Balaban J connectivity index is 2.33. The second kappa shape index (κ2) is 3.79. The minimum atomic E-state index is -4.52. The number of rotatable bonds is 0. The molecule has 1 aliphatic heterocycles. The van der Waals surface area contributed by atoms with Crippen LogP contribution in [-0.2, 0) is 4.79 Å². The van der Waals surface area contributed by atoms with Crippen molar-refractivity contribution >= 4 is 5.91 Å². The minimum Gasteiger partial charge on any atom is -0.338 e. The molecule has 0 aromatic heterocycles. The summed E-state index contributed by atoms with van der Waals surface area (Å²) < 4.78 is 37.8. The fourth-order valence-electron chi connectivity index (χ4n) is 2.66. The molecule has 1 fully saturated rings. The SMILES string of the molecule is CN1C(=O)C(C(F)(F)F)=CC2CCCCC21. The molecule has 0 spiro atoms. The number of carbonyl (C=O) groups is 1. The fourth-order valence-corrected chi connectivity index (χ4v) is 2.66. The molecule has 90 valence electrons. The molecule has 0 N–H and O–H groups in total. The quantitative estimate of drug-likeness (QED) is 0.629. The number of carbonyl (C=O) groups excluding carboxylic acids is 1. The smallest absolute Gasteiger partial charge is 0.338 e. The van der Waals surface area contributed by atoms with Gasteiger partial charge in [-0.1, -0.05) is 18.9 Å². The molecule has 1 aliphatic carbocycles. The van der Waals surface area contributed by atoms with Gasteiger partial charge < -0.3 is 4.90 Å². The number of hydrogen-bond donors (Lipinski definition) is 0. The molecular weight excluding hydrogens is 219 g/mol. The van der Waals surface area contributed by atoms with E-state index in [-0.39, 0.29) is 12.0 Å². The molecule has 1 saturated carbocycles.